The Balaban J connectivity index is 1.46. The van der Waals surface area contributed by atoms with Crippen LogP contribution in [0.2, 0.25) is 0 Å². The van der Waals surface area contributed by atoms with Crippen LogP contribution in [0.1, 0.15) is 16.1 Å². The fourth-order valence-electron chi connectivity index (χ4n) is 2.47. The highest BCUT2D eigenvalue weighted by Crippen LogP contribution is 2.31. The standard InChI is InChI=1S/C19H12F2N2O2S/c20-13-7-5-11(9-14(13)21)18(24)22-10-12-6-8-16(25-12)19-23-15-3-1-2-4-17(15)26-19/h1-9H,10H2,(H,22,24). The third kappa shape index (κ3) is 3.21. The molecule has 2 heterocycles. The molecule has 0 aliphatic rings. The van der Waals surface area contributed by atoms with E-state index in [1.165, 1.54) is 17.4 Å². The van der Waals surface area contributed by atoms with Gasteiger partial charge in [-0.2, -0.15) is 0 Å². The predicted molar refractivity (Wildman–Crippen MR) is 94.9 cm³/mol. The van der Waals surface area contributed by atoms with Crippen molar-refractivity contribution in [1.82, 2.24) is 10.3 Å². The number of carbonyl (C=O) groups excluding carboxylic acids is 1. The quantitative estimate of drug-likeness (QED) is 0.563. The van der Waals surface area contributed by atoms with E-state index in [0.717, 1.165) is 27.4 Å². The molecule has 0 spiro atoms. The molecule has 1 N–H and O–H groups in total. The second-order valence-electron chi connectivity index (χ2n) is 5.56. The number of aromatic nitrogens is 1. The van der Waals surface area contributed by atoms with Crippen LogP contribution in [0, 0.1) is 11.6 Å². The summed E-state index contributed by atoms with van der Waals surface area (Å²) in [6, 6.07) is 14.3. The van der Waals surface area contributed by atoms with E-state index in [1.807, 2.05) is 24.3 Å². The van der Waals surface area contributed by atoms with Gasteiger partial charge >= 0.3 is 0 Å². The normalized spacial score (nSPS) is 11.0. The number of furan rings is 1. The molecule has 0 radical (unpaired) electrons. The number of thiazole rings is 1. The number of carbonyl (C=O) groups is 1. The summed E-state index contributed by atoms with van der Waals surface area (Å²) in [6.45, 7) is 0.128. The van der Waals surface area contributed by atoms with Gasteiger partial charge in [0.2, 0.25) is 0 Å². The van der Waals surface area contributed by atoms with Crippen LogP contribution in [0.25, 0.3) is 21.0 Å². The zero-order chi connectivity index (χ0) is 18.1. The second-order valence-corrected chi connectivity index (χ2v) is 6.59. The first kappa shape index (κ1) is 16.4. The fourth-order valence-corrected chi connectivity index (χ4v) is 3.40. The highest BCUT2D eigenvalue weighted by molar-refractivity contribution is 7.21. The number of fused-ring (bicyclic) bond motifs is 1. The first-order valence-corrected chi connectivity index (χ1v) is 8.60. The fraction of sp³-hybridized carbons (Fsp3) is 0.0526. The predicted octanol–water partition coefficient (Wildman–Crippen LogP) is 4.76. The van der Waals surface area contributed by atoms with Gasteiger partial charge < -0.3 is 9.73 Å². The van der Waals surface area contributed by atoms with Crippen molar-refractivity contribution in [2.75, 3.05) is 0 Å². The van der Waals surface area contributed by atoms with Gasteiger partial charge in [0, 0.05) is 5.56 Å². The summed E-state index contributed by atoms with van der Waals surface area (Å²) in [5.41, 5.74) is 0.943. The molecular weight excluding hydrogens is 358 g/mol. The van der Waals surface area contributed by atoms with Gasteiger partial charge in [-0.1, -0.05) is 12.1 Å². The van der Waals surface area contributed by atoms with Gasteiger partial charge in [-0.3, -0.25) is 4.79 Å². The van der Waals surface area contributed by atoms with E-state index in [4.69, 9.17) is 4.42 Å². The molecule has 1 amide bonds. The van der Waals surface area contributed by atoms with Gasteiger partial charge in [0.25, 0.3) is 5.91 Å². The van der Waals surface area contributed by atoms with Crippen molar-refractivity contribution in [3.8, 4) is 10.8 Å². The molecule has 0 fully saturated rings. The average molecular weight is 370 g/mol. The summed E-state index contributed by atoms with van der Waals surface area (Å²) in [5.74, 6) is -1.41. The van der Waals surface area contributed by atoms with Crippen LogP contribution in [-0.4, -0.2) is 10.9 Å². The first-order chi connectivity index (χ1) is 12.6. The average Bonchev–Trinajstić information content (AvgIpc) is 3.28. The molecule has 0 bridgehead atoms. The van der Waals surface area contributed by atoms with Gasteiger partial charge in [0.05, 0.1) is 16.8 Å². The molecule has 0 saturated heterocycles. The second kappa shape index (κ2) is 6.68. The Morgan fingerprint density at radius 3 is 2.73 bits per heavy atom. The summed E-state index contributed by atoms with van der Waals surface area (Å²) >= 11 is 1.52. The van der Waals surface area contributed by atoms with E-state index in [1.54, 1.807) is 12.1 Å². The van der Waals surface area contributed by atoms with Crippen molar-refractivity contribution in [2.45, 2.75) is 6.54 Å². The van der Waals surface area contributed by atoms with E-state index in [-0.39, 0.29) is 12.1 Å². The third-order valence-corrected chi connectivity index (χ3v) is 4.82. The monoisotopic (exact) mass is 370 g/mol. The summed E-state index contributed by atoms with van der Waals surface area (Å²) in [4.78, 5) is 16.5. The number of benzene rings is 2. The lowest BCUT2D eigenvalue weighted by Crippen LogP contribution is -2.22. The minimum Gasteiger partial charge on any atom is -0.457 e. The molecule has 2 aromatic carbocycles. The highest BCUT2D eigenvalue weighted by atomic mass is 32.1. The van der Waals surface area contributed by atoms with Gasteiger partial charge in [0.1, 0.15) is 5.76 Å². The molecule has 130 valence electrons. The van der Waals surface area contributed by atoms with Crippen LogP contribution >= 0.6 is 11.3 Å². The molecule has 4 rings (SSSR count). The molecule has 7 heteroatoms. The Hall–Kier alpha value is -3.06. The maximum Gasteiger partial charge on any atom is 0.251 e. The Kier molecular flexibility index (Phi) is 4.22. The van der Waals surface area contributed by atoms with Crippen LogP contribution < -0.4 is 5.32 Å². The van der Waals surface area contributed by atoms with Crippen molar-refractivity contribution < 1.29 is 18.0 Å². The van der Waals surface area contributed by atoms with Crippen molar-refractivity contribution in [2.24, 2.45) is 0 Å². The van der Waals surface area contributed by atoms with Gasteiger partial charge in [0.15, 0.2) is 22.4 Å². The number of hydrogen-bond acceptors (Lipinski definition) is 4. The summed E-state index contributed by atoms with van der Waals surface area (Å²) in [7, 11) is 0. The molecule has 0 aliphatic carbocycles. The lowest BCUT2D eigenvalue weighted by Gasteiger charge is -2.03. The lowest BCUT2D eigenvalue weighted by molar-refractivity contribution is 0.0947. The van der Waals surface area contributed by atoms with Crippen molar-refractivity contribution in [3.63, 3.8) is 0 Å². The highest BCUT2D eigenvalue weighted by Gasteiger charge is 2.13. The summed E-state index contributed by atoms with van der Waals surface area (Å²) in [5, 5.41) is 3.37. The number of rotatable bonds is 4. The Labute approximate surface area is 151 Å². The maximum absolute atomic E-state index is 13.2. The van der Waals surface area contributed by atoms with Crippen molar-refractivity contribution in [1.29, 1.82) is 0 Å². The molecule has 0 saturated carbocycles. The number of nitrogens with one attached hydrogen (secondary N) is 1. The molecule has 0 unspecified atom stereocenters. The van der Waals surface area contributed by atoms with Gasteiger partial charge in [-0.05, 0) is 42.5 Å². The molecule has 26 heavy (non-hydrogen) atoms. The molecule has 2 aromatic heterocycles. The van der Waals surface area contributed by atoms with E-state index < -0.39 is 17.5 Å². The lowest BCUT2D eigenvalue weighted by atomic mass is 10.2. The maximum atomic E-state index is 13.2. The smallest absolute Gasteiger partial charge is 0.251 e. The molecule has 0 aliphatic heterocycles. The van der Waals surface area contributed by atoms with Gasteiger partial charge in [-0.25, -0.2) is 13.8 Å². The molecular formula is C19H12F2N2O2S. The Bertz CT molecular complexity index is 1070. The minimum absolute atomic E-state index is 0.0434. The number of nitrogens with zero attached hydrogens (tertiary/aromatic N) is 1. The van der Waals surface area contributed by atoms with Crippen LogP contribution in [-0.2, 0) is 6.54 Å². The summed E-state index contributed by atoms with van der Waals surface area (Å²) < 4.78 is 32.9. The van der Waals surface area contributed by atoms with E-state index in [9.17, 15) is 13.6 Å². The number of amides is 1. The van der Waals surface area contributed by atoms with Crippen LogP contribution in [0.15, 0.2) is 59.0 Å². The zero-order valence-corrected chi connectivity index (χ0v) is 14.1. The Morgan fingerprint density at radius 2 is 1.92 bits per heavy atom. The number of hydrogen-bond donors (Lipinski definition) is 1. The number of halogens is 2. The van der Waals surface area contributed by atoms with Gasteiger partial charge in [-0.15, -0.1) is 11.3 Å². The molecule has 4 aromatic rings. The SMILES string of the molecule is O=C(NCc1ccc(-c2nc3ccccc3s2)o1)c1ccc(F)c(F)c1. The van der Waals surface area contributed by atoms with E-state index in [0.29, 0.717) is 11.5 Å². The van der Waals surface area contributed by atoms with Crippen LogP contribution in [0.5, 0.6) is 0 Å². The van der Waals surface area contributed by atoms with Crippen LogP contribution in [0.4, 0.5) is 8.78 Å². The third-order valence-electron chi connectivity index (χ3n) is 3.77. The summed E-state index contributed by atoms with van der Waals surface area (Å²) in [6.07, 6.45) is 0. The van der Waals surface area contributed by atoms with Crippen LogP contribution in [0.3, 0.4) is 0 Å². The Morgan fingerprint density at radius 1 is 1.08 bits per heavy atom. The number of para-hydroxylation sites is 1. The van der Waals surface area contributed by atoms with Crippen molar-refractivity contribution >= 4 is 27.5 Å². The molecule has 4 nitrogen and oxygen atoms in total. The van der Waals surface area contributed by atoms with E-state index in [2.05, 4.69) is 10.3 Å². The molecule has 0 atom stereocenters. The van der Waals surface area contributed by atoms with E-state index >= 15 is 0 Å². The zero-order valence-electron chi connectivity index (χ0n) is 13.3. The first-order valence-electron chi connectivity index (χ1n) is 7.78. The topological polar surface area (TPSA) is 55.1 Å². The largest absolute Gasteiger partial charge is 0.457 e. The van der Waals surface area contributed by atoms with Crippen molar-refractivity contribution in [3.05, 3.63) is 77.6 Å². The minimum atomic E-state index is -1.06.